The smallest absolute Gasteiger partial charge is 0.307 e. The highest BCUT2D eigenvalue weighted by Crippen LogP contribution is 2.17. The molecule has 0 N–H and O–H groups in total. The van der Waals surface area contributed by atoms with Gasteiger partial charge < -0.3 is 19.1 Å². The van der Waals surface area contributed by atoms with Gasteiger partial charge in [-0.05, 0) is 19.3 Å². The number of nitrogens with zero attached hydrogens (tertiary/aromatic N) is 1. The number of hydrogen-bond acceptors (Lipinski definition) is 5. The molecule has 6 heteroatoms. The van der Waals surface area contributed by atoms with E-state index in [4.69, 9.17) is 9.47 Å². The van der Waals surface area contributed by atoms with Crippen molar-refractivity contribution in [2.75, 3.05) is 40.5 Å². The van der Waals surface area contributed by atoms with E-state index < -0.39 is 0 Å². The minimum absolute atomic E-state index is 0.0430. The first-order valence-corrected chi connectivity index (χ1v) is 7.12. The summed E-state index contributed by atoms with van der Waals surface area (Å²) in [4.78, 5) is 25.0. The van der Waals surface area contributed by atoms with Crippen molar-refractivity contribution in [2.24, 2.45) is 0 Å². The van der Waals surface area contributed by atoms with Crippen LogP contribution in [0.2, 0.25) is 0 Å². The Bertz CT molecular complexity index is 302. The van der Waals surface area contributed by atoms with Crippen LogP contribution < -0.4 is 0 Å². The Balaban J connectivity index is 2.34. The zero-order valence-electron chi connectivity index (χ0n) is 12.4. The molecule has 116 valence electrons. The molecule has 1 saturated heterocycles. The Morgan fingerprint density at radius 2 is 2.05 bits per heavy atom. The van der Waals surface area contributed by atoms with Gasteiger partial charge in [0.15, 0.2) is 0 Å². The zero-order valence-corrected chi connectivity index (χ0v) is 12.4. The van der Waals surface area contributed by atoms with E-state index in [9.17, 15) is 9.59 Å². The molecule has 0 spiro atoms. The van der Waals surface area contributed by atoms with E-state index >= 15 is 0 Å². The molecule has 1 aliphatic heterocycles. The maximum atomic E-state index is 12.2. The van der Waals surface area contributed by atoms with E-state index in [1.165, 1.54) is 7.11 Å². The van der Waals surface area contributed by atoms with Crippen molar-refractivity contribution in [2.45, 2.75) is 38.2 Å². The summed E-state index contributed by atoms with van der Waals surface area (Å²) in [7, 11) is 2.94. The van der Waals surface area contributed by atoms with Crippen LogP contribution >= 0.6 is 0 Å². The van der Waals surface area contributed by atoms with Crippen LogP contribution in [0.1, 0.15) is 32.1 Å². The molecule has 1 rings (SSSR count). The largest absolute Gasteiger partial charge is 0.469 e. The van der Waals surface area contributed by atoms with Crippen molar-refractivity contribution in [3.63, 3.8) is 0 Å². The Labute approximate surface area is 120 Å². The Kier molecular flexibility index (Phi) is 8.22. The molecular formula is C14H25NO5. The van der Waals surface area contributed by atoms with Gasteiger partial charge in [0.25, 0.3) is 0 Å². The highest BCUT2D eigenvalue weighted by molar-refractivity contribution is 5.77. The second kappa shape index (κ2) is 9.72. The standard InChI is InChI=1S/C14H25NO5/c1-18-11-9-15(8-7-14(17)19-2)13(16)6-5-12-4-3-10-20-12/h12H,3-11H2,1-2H3. The predicted octanol–water partition coefficient (Wildman–Crippen LogP) is 0.984. The first-order valence-electron chi connectivity index (χ1n) is 7.12. The van der Waals surface area contributed by atoms with Crippen LogP contribution in [0, 0.1) is 0 Å². The quantitative estimate of drug-likeness (QED) is 0.592. The van der Waals surface area contributed by atoms with Crippen molar-refractivity contribution >= 4 is 11.9 Å². The average molecular weight is 287 g/mol. The number of methoxy groups -OCH3 is 2. The predicted molar refractivity (Wildman–Crippen MR) is 73.3 cm³/mol. The highest BCUT2D eigenvalue weighted by Gasteiger charge is 2.20. The summed E-state index contributed by atoms with van der Waals surface area (Å²) in [5, 5.41) is 0. The number of esters is 1. The van der Waals surface area contributed by atoms with Gasteiger partial charge in [-0.2, -0.15) is 0 Å². The molecule has 1 amide bonds. The number of carbonyl (C=O) groups is 2. The lowest BCUT2D eigenvalue weighted by atomic mass is 10.1. The third-order valence-corrected chi connectivity index (χ3v) is 3.44. The molecule has 6 nitrogen and oxygen atoms in total. The molecule has 20 heavy (non-hydrogen) atoms. The maximum absolute atomic E-state index is 12.2. The number of hydrogen-bond donors (Lipinski definition) is 0. The molecular weight excluding hydrogens is 262 g/mol. The van der Waals surface area contributed by atoms with Crippen molar-refractivity contribution in [3.8, 4) is 0 Å². The molecule has 0 aliphatic carbocycles. The second-order valence-electron chi connectivity index (χ2n) is 4.87. The summed E-state index contributed by atoms with van der Waals surface area (Å²) in [6, 6.07) is 0. The summed E-state index contributed by atoms with van der Waals surface area (Å²) in [5.74, 6) is -0.263. The third kappa shape index (κ3) is 6.34. The van der Waals surface area contributed by atoms with Gasteiger partial charge in [-0.15, -0.1) is 0 Å². The van der Waals surface area contributed by atoms with Crippen molar-refractivity contribution in [1.29, 1.82) is 0 Å². The summed E-state index contributed by atoms with van der Waals surface area (Å²) in [5.41, 5.74) is 0. The fourth-order valence-electron chi connectivity index (χ4n) is 2.21. The zero-order chi connectivity index (χ0) is 14.8. The van der Waals surface area contributed by atoms with Crippen LogP contribution in [0.3, 0.4) is 0 Å². The van der Waals surface area contributed by atoms with Crippen LogP contribution in [0.5, 0.6) is 0 Å². The number of amides is 1. The molecule has 1 atom stereocenters. The van der Waals surface area contributed by atoms with Gasteiger partial charge in [0.2, 0.25) is 5.91 Å². The van der Waals surface area contributed by atoms with E-state index in [2.05, 4.69) is 4.74 Å². The van der Waals surface area contributed by atoms with Gasteiger partial charge in [0, 0.05) is 33.2 Å². The Hall–Kier alpha value is -1.14. The monoisotopic (exact) mass is 287 g/mol. The lowest BCUT2D eigenvalue weighted by Crippen LogP contribution is -2.36. The molecule has 1 aliphatic rings. The van der Waals surface area contributed by atoms with E-state index in [0.717, 1.165) is 25.9 Å². The van der Waals surface area contributed by atoms with Crippen LogP contribution in [0.15, 0.2) is 0 Å². The van der Waals surface area contributed by atoms with E-state index in [1.807, 2.05) is 0 Å². The summed E-state index contributed by atoms with van der Waals surface area (Å²) in [6.45, 7) is 2.14. The average Bonchev–Trinajstić information content (AvgIpc) is 2.97. The normalized spacial score (nSPS) is 18.0. The molecule has 0 aromatic carbocycles. The summed E-state index contributed by atoms with van der Waals surface area (Å²) < 4.78 is 15.1. The molecule has 0 radical (unpaired) electrons. The van der Waals surface area contributed by atoms with Crippen LogP contribution in [0.4, 0.5) is 0 Å². The SMILES string of the molecule is COCCN(CCC(=O)OC)C(=O)CCC1CCCO1. The van der Waals surface area contributed by atoms with Crippen LogP contribution in [-0.4, -0.2) is 63.4 Å². The van der Waals surface area contributed by atoms with E-state index in [-0.39, 0.29) is 24.4 Å². The van der Waals surface area contributed by atoms with Gasteiger partial charge in [-0.1, -0.05) is 0 Å². The molecule has 1 unspecified atom stereocenters. The molecule has 1 fully saturated rings. The minimum atomic E-state index is -0.306. The minimum Gasteiger partial charge on any atom is -0.469 e. The fraction of sp³-hybridized carbons (Fsp3) is 0.857. The molecule has 0 bridgehead atoms. The van der Waals surface area contributed by atoms with Gasteiger partial charge >= 0.3 is 5.97 Å². The lowest BCUT2D eigenvalue weighted by Gasteiger charge is -2.22. The molecule has 0 aromatic heterocycles. The molecule has 1 heterocycles. The Morgan fingerprint density at radius 1 is 1.25 bits per heavy atom. The first kappa shape index (κ1) is 16.9. The lowest BCUT2D eigenvalue weighted by molar-refractivity contribution is -0.142. The first-order chi connectivity index (χ1) is 9.67. The number of carbonyl (C=O) groups excluding carboxylic acids is 2. The maximum Gasteiger partial charge on any atom is 0.307 e. The second-order valence-corrected chi connectivity index (χ2v) is 4.87. The van der Waals surface area contributed by atoms with E-state index in [1.54, 1.807) is 12.0 Å². The fourth-order valence-corrected chi connectivity index (χ4v) is 2.21. The van der Waals surface area contributed by atoms with Gasteiger partial charge in [-0.3, -0.25) is 9.59 Å². The summed E-state index contributed by atoms with van der Waals surface area (Å²) >= 11 is 0. The van der Waals surface area contributed by atoms with E-state index in [0.29, 0.717) is 26.1 Å². The van der Waals surface area contributed by atoms with Crippen molar-refractivity contribution in [3.05, 3.63) is 0 Å². The van der Waals surface area contributed by atoms with Gasteiger partial charge in [0.05, 0.1) is 26.2 Å². The van der Waals surface area contributed by atoms with Gasteiger partial charge in [-0.25, -0.2) is 0 Å². The summed E-state index contributed by atoms with van der Waals surface area (Å²) in [6.07, 6.45) is 3.74. The van der Waals surface area contributed by atoms with Crippen LogP contribution in [0.25, 0.3) is 0 Å². The number of ether oxygens (including phenoxy) is 3. The van der Waals surface area contributed by atoms with Crippen molar-refractivity contribution in [1.82, 2.24) is 4.90 Å². The molecule has 0 saturated carbocycles. The van der Waals surface area contributed by atoms with Gasteiger partial charge in [0.1, 0.15) is 0 Å². The third-order valence-electron chi connectivity index (χ3n) is 3.44. The Morgan fingerprint density at radius 3 is 2.65 bits per heavy atom. The van der Waals surface area contributed by atoms with Crippen LogP contribution in [-0.2, 0) is 23.8 Å². The number of rotatable bonds is 9. The molecule has 0 aromatic rings. The topological polar surface area (TPSA) is 65.1 Å². The highest BCUT2D eigenvalue weighted by atomic mass is 16.5. The van der Waals surface area contributed by atoms with Crippen molar-refractivity contribution < 1.29 is 23.8 Å².